The number of non-ortho nitro benzene ring substituents is 1. The normalized spacial score (nSPS) is 14.3. The largest absolute Gasteiger partial charge is 0.349 e. The average Bonchev–Trinajstić information content (AvgIpc) is 2.68. The van der Waals surface area contributed by atoms with Crippen molar-refractivity contribution in [3.05, 3.63) is 99.4 Å². The summed E-state index contributed by atoms with van der Waals surface area (Å²) in [5.74, 6) is -0.829. The first-order valence-electron chi connectivity index (χ1n) is 8.86. The summed E-state index contributed by atoms with van der Waals surface area (Å²) in [5, 5.41) is 10.9. The molecule has 0 unspecified atom stereocenters. The van der Waals surface area contributed by atoms with E-state index in [1.165, 1.54) is 26.0 Å². The maximum absolute atomic E-state index is 12.4. The van der Waals surface area contributed by atoms with Crippen LogP contribution in [0.25, 0.3) is 0 Å². The molecule has 0 aliphatic carbocycles. The number of rotatable bonds is 6. The number of allylic oxidation sites excluding steroid dienone is 2. The number of hydrogen-bond donors (Lipinski definition) is 0. The molecule has 0 spiro atoms. The van der Waals surface area contributed by atoms with Crippen LogP contribution in [-0.4, -0.2) is 21.4 Å². The van der Waals surface area contributed by atoms with Gasteiger partial charge in [-0.3, -0.25) is 19.7 Å². The molecule has 28 heavy (non-hydrogen) atoms. The number of Topliss-reactive ketones (excluding diaryl/α,β-unsaturated/α-hetero) is 2. The molecule has 1 heterocycles. The Morgan fingerprint density at radius 2 is 1.46 bits per heavy atom. The number of nitrogens with zero attached hydrogens (tertiary/aromatic N) is 2. The van der Waals surface area contributed by atoms with Crippen LogP contribution in [0.2, 0.25) is 0 Å². The molecule has 0 fully saturated rings. The first-order valence-corrected chi connectivity index (χ1v) is 8.86. The van der Waals surface area contributed by atoms with Crippen LogP contribution >= 0.6 is 0 Å². The zero-order valence-corrected chi connectivity index (χ0v) is 15.7. The van der Waals surface area contributed by atoms with Gasteiger partial charge in [0.05, 0.1) is 4.92 Å². The number of nitro groups is 1. The molecule has 1 aliphatic rings. The molecule has 2 aromatic rings. The Kier molecular flexibility index (Phi) is 5.49. The second-order valence-corrected chi connectivity index (χ2v) is 6.72. The van der Waals surface area contributed by atoms with Crippen LogP contribution in [-0.2, 0) is 16.1 Å². The Morgan fingerprint density at radius 3 is 1.93 bits per heavy atom. The lowest BCUT2D eigenvalue weighted by Crippen LogP contribution is -2.26. The molecule has 0 N–H and O–H groups in total. The van der Waals surface area contributed by atoms with Crippen molar-refractivity contribution in [1.29, 1.82) is 0 Å². The van der Waals surface area contributed by atoms with Crippen molar-refractivity contribution in [2.24, 2.45) is 0 Å². The third-order valence-corrected chi connectivity index (χ3v) is 4.69. The number of carbonyl (C=O) groups is 2. The van der Waals surface area contributed by atoms with E-state index < -0.39 is 10.8 Å². The van der Waals surface area contributed by atoms with Gasteiger partial charge >= 0.3 is 0 Å². The third-order valence-electron chi connectivity index (χ3n) is 4.69. The molecule has 0 saturated carbocycles. The zero-order chi connectivity index (χ0) is 20.3. The second kappa shape index (κ2) is 8.00. The molecule has 0 radical (unpaired) electrons. The highest BCUT2D eigenvalue weighted by Gasteiger charge is 2.31. The van der Waals surface area contributed by atoms with Crippen LogP contribution in [0.1, 0.15) is 30.9 Å². The molecular weight excluding hydrogens is 356 g/mol. The maximum Gasteiger partial charge on any atom is 0.269 e. The van der Waals surface area contributed by atoms with Crippen molar-refractivity contribution in [1.82, 2.24) is 4.90 Å². The van der Waals surface area contributed by atoms with Crippen LogP contribution < -0.4 is 0 Å². The topological polar surface area (TPSA) is 80.5 Å². The van der Waals surface area contributed by atoms with Crippen molar-refractivity contribution in [2.75, 3.05) is 0 Å². The number of hydrogen-bond acceptors (Lipinski definition) is 5. The minimum atomic E-state index is -0.539. The summed E-state index contributed by atoms with van der Waals surface area (Å²) in [5.41, 5.74) is 2.66. The molecule has 0 saturated heterocycles. The highest BCUT2D eigenvalue weighted by atomic mass is 16.6. The third kappa shape index (κ3) is 4.06. The SMILES string of the molecule is CC(=O)C1=CN(Cc2ccccc2)C=C(C(C)=O)C1c1ccc([N+](=O)[O-])cc1. The Hall–Kier alpha value is -3.54. The summed E-state index contributed by atoms with van der Waals surface area (Å²) < 4.78 is 0. The van der Waals surface area contributed by atoms with Crippen molar-refractivity contribution >= 4 is 17.3 Å². The van der Waals surface area contributed by atoms with Crippen molar-refractivity contribution in [3.8, 4) is 0 Å². The highest BCUT2D eigenvalue weighted by Crippen LogP contribution is 2.37. The molecule has 1 aliphatic heterocycles. The van der Waals surface area contributed by atoms with Gasteiger partial charge in [-0.25, -0.2) is 0 Å². The van der Waals surface area contributed by atoms with E-state index in [9.17, 15) is 19.7 Å². The van der Waals surface area contributed by atoms with E-state index in [0.717, 1.165) is 5.56 Å². The maximum atomic E-state index is 12.4. The van der Waals surface area contributed by atoms with Gasteiger partial charge in [-0.1, -0.05) is 42.5 Å². The van der Waals surface area contributed by atoms with Crippen LogP contribution in [0.4, 0.5) is 5.69 Å². The summed E-state index contributed by atoms with van der Waals surface area (Å²) >= 11 is 0. The van der Waals surface area contributed by atoms with E-state index in [1.54, 1.807) is 24.5 Å². The van der Waals surface area contributed by atoms with Crippen LogP contribution in [0, 0.1) is 10.1 Å². The Balaban J connectivity index is 2.02. The molecule has 3 rings (SSSR count). The molecule has 6 nitrogen and oxygen atoms in total. The average molecular weight is 376 g/mol. The fraction of sp³-hybridized carbons (Fsp3) is 0.182. The molecule has 0 atom stereocenters. The fourth-order valence-corrected chi connectivity index (χ4v) is 3.33. The minimum Gasteiger partial charge on any atom is -0.349 e. The summed E-state index contributed by atoms with van der Waals surface area (Å²) in [6.45, 7) is 3.46. The molecule has 0 aromatic heterocycles. The number of benzene rings is 2. The van der Waals surface area contributed by atoms with E-state index >= 15 is 0 Å². The Bertz CT molecular complexity index is 943. The lowest BCUT2D eigenvalue weighted by Gasteiger charge is -2.30. The summed E-state index contributed by atoms with van der Waals surface area (Å²) in [6, 6.07) is 15.7. The van der Waals surface area contributed by atoms with Gasteiger partial charge < -0.3 is 4.90 Å². The number of ketones is 2. The van der Waals surface area contributed by atoms with Crippen LogP contribution in [0.5, 0.6) is 0 Å². The van der Waals surface area contributed by atoms with Gasteiger partial charge in [0.2, 0.25) is 0 Å². The van der Waals surface area contributed by atoms with Crippen LogP contribution in [0.3, 0.4) is 0 Å². The smallest absolute Gasteiger partial charge is 0.269 e. The molecule has 0 amide bonds. The first-order chi connectivity index (χ1) is 13.4. The van der Waals surface area contributed by atoms with Crippen molar-refractivity contribution in [2.45, 2.75) is 26.3 Å². The summed E-state index contributed by atoms with van der Waals surface area (Å²) in [7, 11) is 0. The molecule has 2 aromatic carbocycles. The van der Waals surface area contributed by atoms with Gasteiger partial charge in [-0.05, 0) is 25.0 Å². The molecule has 6 heteroatoms. The summed E-state index contributed by atoms with van der Waals surface area (Å²) in [6.07, 6.45) is 3.52. The quantitative estimate of drug-likeness (QED) is 0.559. The predicted molar refractivity (Wildman–Crippen MR) is 105 cm³/mol. The summed E-state index contributed by atoms with van der Waals surface area (Å²) in [4.78, 5) is 37.0. The Labute approximate surface area is 162 Å². The zero-order valence-electron chi connectivity index (χ0n) is 15.7. The predicted octanol–water partition coefficient (Wildman–Crippen LogP) is 4.14. The first kappa shape index (κ1) is 19.2. The lowest BCUT2D eigenvalue weighted by atomic mass is 9.80. The van der Waals surface area contributed by atoms with Gasteiger partial charge in [-0.2, -0.15) is 0 Å². The van der Waals surface area contributed by atoms with Gasteiger partial charge in [0.25, 0.3) is 5.69 Å². The molecular formula is C22H20N2O4. The minimum absolute atomic E-state index is 0.0352. The van der Waals surface area contributed by atoms with Crippen molar-refractivity contribution in [3.63, 3.8) is 0 Å². The monoisotopic (exact) mass is 376 g/mol. The van der Waals surface area contributed by atoms with Gasteiger partial charge in [0, 0.05) is 48.1 Å². The van der Waals surface area contributed by atoms with E-state index in [4.69, 9.17) is 0 Å². The van der Waals surface area contributed by atoms with Gasteiger partial charge in [0.1, 0.15) is 0 Å². The van der Waals surface area contributed by atoms with Crippen LogP contribution in [0.15, 0.2) is 78.1 Å². The fourth-order valence-electron chi connectivity index (χ4n) is 3.33. The van der Waals surface area contributed by atoms with Gasteiger partial charge in [-0.15, -0.1) is 0 Å². The highest BCUT2D eigenvalue weighted by molar-refractivity contribution is 6.02. The van der Waals surface area contributed by atoms with E-state index in [0.29, 0.717) is 23.3 Å². The molecule has 142 valence electrons. The molecule has 0 bridgehead atoms. The van der Waals surface area contributed by atoms with E-state index in [-0.39, 0.29) is 17.3 Å². The van der Waals surface area contributed by atoms with Crippen molar-refractivity contribution < 1.29 is 14.5 Å². The second-order valence-electron chi connectivity index (χ2n) is 6.72. The van der Waals surface area contributed by atoms with E-state index in [1.807, 2.05) is 35.2 Å². The van der Waals surface area contributed by atoms with E-state index in [2.05, 4.69) is 0 Å². The van der Waals surface area contributed by atoms with Gasteiger partial charge in [0.15, 0.2) is 11.6 Å². The lowest BCUT2D eigenvalue weighted by molar-refractivity contribution is -0.384. The number of carbonyl (C=O) groups excluding carboxylic acids is 2. The standard InChI is InChI=1S/C22H20N2O4/c1-15(25)20-13-23(12-17-6-4-3-5-7-17)14-21(16(2)26)22(20)18-8-10-19(11-9-18)24(27)28/h3-11,13-14,22H,12H2,1-2H3. The number of nitro benzene ring substituents is 1. The Morgan fingerprint density at radius 1 is 0.929 bits per heavy atom.